The van der Waals surface area contributed by atoms with Crippen molar-refractivity contribution in [2.75, 3.05) is 0 Å². The number of carbonyl (C=O) groups is 1. The lowest BCUT2D eigenvalue weighted by Gasteiger charge is -2.61. The normalized spacial score (nSPS) is 55.8. The SMILES string of the molecule is [2H][C@](N)(C(=O)N1[C@H](C#N)C[C@@H]2C[C@@H]21)C12CC3CC(CC(O)(C3)C1)C2. The van der Waals surface area contributed by atoms with Gasteiger partial charge in [-0.1, -0.05) is 0 Å². The average molecular weight is 316 g/mol. The Bertz CT molecular complexity index is 643. The molecule has 1 saturated heterocycles. The summed E-state index contributed by atoms with van der Waals surface area (Å²) in [4.78, 5) is 14.9. The zero-order chi connectivity index (χ0) is 16.9. The number of carbonyl (C=O) groups excluding carboxylic acids is 1. The number of piperidine rings is 1. The lowest BCUT2D eigenvalue weighted by atomic mass is 9.46. The standard InChI is InChI=1S/C18H25N3O2/c19-8-13-2-12-3-14(12)21(13)16(22)15(20)17-4-10-1-11(5-17)7-18(23,6-10)9-17/h10-15,23H,1-7,9,20H2/t10?,11?,12-,13+,14+,15+,17?,18?/m1/s1/i15D. The molecule has 4 bridgehead atoms. The summed E-state index contributed by atoms with van der Waals surface area (Å²) in [6.07, 6.45) is 6.39. The van der Waals surface area contributed by atoms with Crippen LogP contribution in [-0.4, -0.2) is 39.6 Å². The zero-order valence-corrected chi connectivity index (χ0v) is 13.4. The lowest BCUT2D eigenvalue weighted by molar-refractivity contribution is -0.177. The second-order valence-electron chi connectivity index (χ2n) is 9.04. The molecule has 5 saturated carbocycles. The molecule has 5 aliphatic carbocycles. The van der Waals surface area contributed by atoms with Gasteiger partial charge in [-0.3, -0.25) is 4.79 Å². The van der Waals surface area contributed by atoms with E-state index < -0.39 is 23.1 Å². The minimum atomic E-state index is -1.73. The van der Waals surface area contributed by atoms with Crippen LogP contribution in [0, 0.1) is 34.5 Å². The Hall–Kier alpha value is -1.12. The van der Waals surface area contributed by atoms with Crippen LogP contribution in [0.5, 0.6) is 0 Å². The van der Waals surface area contributed by atoms with Crippen molar-refractivity contribution in [2.45, 2.75) is 75.1 Å². The van der Waals surface area contributed by atoms with Crippen molar-refractivity contribution in [3.63, 3.8) is 0 Å². The van der Waals surface area contributed by atoms with E-state index in [1.54, 1.807) is 4.90 Å². The highest BCUT2D eigenvalue weighted by atomic mass is 16.3. The molecule has 6 rings (SSSR count). The zero-order valence-electron chi connectivity index (χ0n) is 14.4. The maximum Gasteiger partial charge on any atom is 0.241 e. The fraction of sp³-hybridized carbons (Fsp3) is 0.889. The third kappa shape index (κ3) is 1.88. The molecule has 0 aromatic carbocycles. The van der Waals surface area contributed by atoms with Crippen LogP contribution >= 0.6 is 0 Å². The first-order valence-electron chi connectivity index (χ1n) is 9.51. The number of fused-ring (bicyclic) bond motifs is 1. The van der Waals surface area contributed by atoms with E-state index in [0.717, 1.165) is 44.9 Å². The van der Waals surface area contributed by atoms with Crippen LogP contribution in [0.3, 0.4) is 0 Å². The average Bonchev–Trinajstić information content (AvgIpc) is 3.14. The number of amides is 1. The fourth-order valence-electron chi connectivity index (χ4n) is 6.76. The van der Waals surface area contributed by atoms with Gasteiger partial charge in [-0.05, 0) is 74.5 Å². The molecule has 0 aromatic rings. The Kier molecular flexibility index (Phi) is 2.46. The van der Waals surface area contributed by atoms with Gasteiger partial charge in [0.2, 0.25) is 5.91 Å². The number of aliphatic hydroxyl groups is 1. The Labute approximate surface area is 138 Å². The van der Waals surface area contributed by atoms with E-state index in [1.807, 2.05) is 0 Å². The summed E-state index contributed by atoms with van der Waals surface area (Å²) in [5.41, 5.74) is 5.08. The van der Waals surface area contributed by atoms with Crippen molar-refractivity contribution in [3.05, 3.63) is 0 Å². The van der Waals surface area contributed by atoms with Gasteiger partial charge in [-0.2, -0.15) is 5.26 Å². The number of hydrogen-bond acceptors (Lipinski definition) is 4. The highest BCUT2D eigenvalue weighted by Gasteiger charge is 2.62. The Morgan fingerprint density at radius 2 is 2.00 bits per heavy atom. The van der Waals surface area contributed by atoms with Crippen LogP contribution in [-0.2, 0) is 4.79 Å². The van der Waals surface area contributed by atoms with Crippen molar-refractivity contribution in [1.82, 2.24) is 4.90 Å². The van der Waals surface area contributed by atoms with Gasteiger partial charge < -0.3 is 15.7 Å². The molecular formula is C18H25N3O2. The van der Waals surface area contributed by atoms with E-state index >= 15 is 0 Å². The van der Waals surface area contributed by atoms with E-state index in [-0.39, 0.29) is 11.9 Å². The van der Waals surface area contributed by atoms with Gasteiger partial charge in [-0.25, -0.2) is 0 Å². The molecule has 1 amide bonds. The molecule has 6 aliphatic rings. The molecule has 124 valence electrons. The van der Waals surface area contributed by atoms with E-state index in [4.69, 9.17) is 7.10 Å². The largest absolute Gasteiger partial charge is 0.390 e. The Morgan fingerprint density at radius 3 is 2.61 bits per heavy atom. The third-order valence-corrected chi connectivity index (χ3v) is 7.32. The smallest absolute Gasteiger partial charge is 0.241 e. The minimum Gasteiger partial charge on any atom is -0.390 e. The highest BCUT2D eigenvalue weighted by Crippen LogP contribution is 2.63. The van der Waals surface area contributed by atoms with E-state index in [9.17, 15) is 15.2 Å². The van der Waals surface area contributed by atoms with Crippen LogP contribution in [0.25, 0.3) is 0 Å². The van der Waals surface area contributed by atoms with Crippen LogP contribution in [0.1, 0.15) is 52.7 Å². The Balaban J connectivity index is 1.49. The number of rotatable bonds is 2. The first-order chi connectivity index (χ1) is 11.3. The van der Waals surface area contributed by atoms with Crippen molar-refractivity contribution in [2.24, 2.45) is 28.9 Å². The molecule has 6 atom stereocenters. The predicted molar refractivity (Wildman–Crippen MR) is 82.8 cm³/mol. The van der Waals surface area contributed by atoms with Crippen molar-refractivity contribution in [1.29, 1.82) is 5.26 Å². The van der Waals surface area contributed by atoms with Crippen molar-refractivity contribution in [3.8, 4) is 6.07 Å². The lowest BCUT2D eigenvalue weighted by Crippen LogP contribution is -2.64. The van der Waals surface area contributed by atoms with Crippen LogP contribution in [0.2, 0.25) is 0 Å². The first kappa shape index (κ1) is 13.2. The molecule has 0 spiro atoms. The second-order valence-corrected chi connectivity index (χ2v) is 9.04. The molecule has 2 unspecified atom stereocenters. The van der Waals surface area contributed by atoms with Gasteiger partial charge in [0.15, 0.2) is 0 Å². The highest BCUT2D eigenvalue weighted by molar-refractivity contribution is 5.84. The number of nitrogens with zero attached hydrogens (tertiary/aromatic N) is 2. The summed E-state index contributed by atoms with van der Waals surface area (Å²) in [6.45, 7) is 0. The summed E-state index contributed by atoms with van der Waals surface area (Å²) in [5.74, 6) is 0.826. The van der Waals surface area contributed by atoms with Crippen LogP contribution in [0.4, 0.5) is 0 Å². The van der Waals surface area contributed by atoms with Gasteiger partial charge in [-0.15, -0.1) is 0 Å². The Morgan fingerprint density at radius 1 is 1.30 bits per heavy atom. The van der Waals surface area contributed by atoms with Gasteiger partial charge in [0, 0.05) is 6.04 Å². The van der Waals surface area contributed by atoms with Gasteiger partial charge >= 0.3 is 0 Å². The molecular weight excluding hydrogens is 290 g/mol. The fourth-order valence-corrected chi connectivity index (χ4v) is 6.76. The molecule has 0 radical (unpaired) electrons. The van der Waals surface area contributed by atoms with Crippen molar-refractivity contribution >= 4 is 5.91 Å². The monoisotopic (exact) mass is 316 g/mol. The van der Waals surface area contributed by atoms with E-state index in [0.29, 0.717) is 24.2 Å². The van der Waals surface area contributed by atoms with E-state index in [2.05, 4.69) is 6.07 Å². The first-order valence-corrected chi connectivity index (χ1v) is 9.01. The maximum absolute atomic E-state index is 13.3. The molecule has 5 nitrogen and oxygen atoms in total. The van der Waals surface area contributed by atoms with Crippen LogP contribution < -0.4 is 5.73 Å². The number of likely N-dealkylation sites (tertiary alicyclic amines) is 1. The summed E-state index contributed by atoms with van der Waals surface area (Å²) in [5, 5.41) is 20.3. The molecule has 1 aliphatic heterocycles. The summed E-state index contributed by atoms with van der Waals surface area (Å²) >= 11 is 0. The molecule has 3 N–H and O–H groups in total. The maximum atomic E-state index is 13.3. The molecule has 0 aromatic heterocycles. The topological polar surface area (TPSA) is 90.4 Å². The number of nitriles is 1. The van der Waals surface area contributed by atoms with Gasteiger partial charge in [0.25, 0.3) is 0 Å². The summed E-state index contributed by atoms with van der Waals surface area (Å²) in [7, 11) is 0. The van der Waals surface area contributed by atoms with Gasteiger partial charge in [0.1, 0.15) is 6.04 Å². The minimum absolute atomic E-state index is 0.118. The quantitative estimate of drug-likeness (QED) is 0.800. The predicted octanol–water partition coefficient (Wildman–Crippen LogP) is 1.16. The molecule has 23 heavy (non-hydrogen) atoms. The second kappa shape index (κ2) is 4.29. The number of hydrogen-bond donors (Lipinski definition) is 2. The van der Waals surface area contributed by atoms with Crippen molar-refractivity contribution < 1.29 is 11.3 Å². The van der Waals surface area contributed by atoms with Crippen LogP contribution in [0.15, 0.2) is 0 Å². The van der Waals surface area contributed by atoms with E-state index in [1.165, 1.54) is 0 Å². The third-order valence-electron chi connectivity index (χ3n) is 7.32. The summed E-state index contributed by atoms with van der Waals surface area (Å²) < 4.78 is 8.90. The van der Waals surface area contributed by atoms with Gasteiger partial charge in [0.05, 0.1) is 19.1 Å². The molecule has 5 heteroatoms. The molecule has 1 heterocycles. The number of nitrogens with two attached hydrogens (primary N) is 1. The molecule has 6 fully saturated rings. The summed E-state index contributed by atoms with van der Waals surface area (Å²) in [6, 6.07) is 0.189.